The molecule has 0 bridgehead atoms. The van der Waals surface area contributed by atoms with Crippen LogP contribution in [0.1, 0.15) is 31.5 Å². The van der Waals surface area contributed by atoms with Crippen molar-refractivity contribution < 1.29 is 0 Å². The van der Waals surface area contributed by atoms with Crippen LogP contribution < -0.4 is 0 Å². The Morgan fingerprint density at radius 1 is 0.880 bits per heavy atom. The fourth-order valence-electron chi connectivity index (χ4n) is 3.89. The van der Waals surface area contributed by atoms with Gasteiger partial charge in [-0.25, -0.2) is 0 Å². The summed E-state index contributed by atoms with van der Waals surface area (Å²) in [5, 5.41) is 0. The number of fused-ring (bicyclic) bond motifs is 1. The quantitative estimate of drug-likeness (QED) is 0.632. The minimum Gasteiger partial charge on any atom is -0.313 e. The first-order valence-electron chi connectivity index (χ1n) is 9.32. The lowest BCUT2D eigenvalue weighted by Crippen LogP contribution is -2.30. The fraction of sp³-hybridized carbons (Fsp3) is 0.304. The molecule has 4 rings (SSSR count). The molecule has 2 nitrogen and oxygen atoms in total. The molecule has 0 N–H and O–H groups in total. The Balaban J connectivity index is 1.89. The van der Waals surface area contributed by atoms with Gasteiger partial charge in [-0.05, 0) is 62.6 Å². The van der Waals surface area contributed by atoms with Crippen molar-refractivity contribution in [2.75, 3.05) is 6.54 Å². The highest BCUT2D eigenvalue weighted by Gasteiger charge is 2.23. The standard InChI is InChI=1S/C23H26N2/c1-18(2)24-15-9-14-22-20(17-24)16-23(19-10-5-3-6-11-19)25(22)21-12-7-4-8-13-21/h3-8,10-13,16,18H,9,14-15,17H2,1-2H3. The van der Waals surface area contributed by atoms with Crippen molar-refractivity contribution >= 4 is 0 Å². The lowest BCUT2D eigenvalue weighted by atomic mass is 10.1. The zero-order valence-corrected chi connectivity index (χ0v) is 15.2. The van der Waals surface area contributed by atoms with Gasteiger partial charge in [0.1, 0.15) is 0 Å². The van der Waals surface area contributed by atoms with E-state index < -0.39 is 0 Å². The second kappa shape index (κ2) is 6.89. The topological polar surface area (TPSA) is 8.17 Å². The van der Waals surface area contributed by atoms with E-state index in [1.807, 2.05) is 0 Å². The average Bonchev–Trinajstić information content (AvgIpc) is 2.87. The van der Waals surface area contributed by atoms with E-state index in [0.717, 1.165) is 13.0 Å². The van der Waals surface area contributed by atoms with E-state index >= 15 is 0 Å². The number of para-hydroxylation sites is 1. The van der Waals surface area contributed by atoms with Gasteiger partial charge < -0.3 is 4.57 Å². The predicted molar refractivity (Wildman–Crippen MR) is 105 cm³/mol. The van der Waals surface area contributed by atoms with Gasteiger partial charge >= 0.3 is 0 Å². The molecule has 25 heavy (non-hydrogen) atoms. The van der Waals surface area contributed by atoms with Crippen molar-refractivity contribution in [1.82, 2.24) is 9.47 Å². The molecule has 0 unspecified atom stereocenters. The van der Waals surface area contributed by atoms with Crippen LogP contribution in [0.5, 0.6) is 0 Å². The number of rotatable bonds is 3. The van der Waals surface area contributed by atoms with Gasteiger partial charge in [-0.2, -0.15) is 0 Å². The van der Waals surface area contributed by atoms with Crippen molar-refractivity contribution in [1.29, 1.82) is 0 Å². The molecule has 0 saturated carbocycles. The smallest absolute Gasteiger partial charge is 0.0534 e. The summed E-state index contributed by atoms with van der Waals surface area (Å²) in [7, 11) is 0. The summed E-state index contributed by atoms with van der Waals surface area (Å²) >= 11 is 0. The highest BCUT2D eigenvalue weighted by Crippen LogP contribution is 2.33. The molecule has 1 aromatic heterocycles. The van der Waals surface area contributed by atoms with Crippen molar-refractivity contribution in [3.05, 3.63) is 78.0 Å². The Labute approximate surface area is 150 Å². The van der Waals surface area contributed by atoms with Gasteiger partial charge in [-0.3, -0.25) is 4.90 Å². The van der Waals surface area contributed by atoms with Crippen LogP contribution in [0.4, 0.5) is 0 Å². The molecule has 0 atom stereocenters. The highest BCUT2D eigenvalue weighted by atomic mass is 15.2. The van der Waals surface area contributed by atoms with Gasteiger partial charge in [0.2, 0.25) is 0 Å². The minimum absolute atomic E-state index is 0.589. The van der Waals surface area contributed by atoms with Crippen LogP contribution in [0.15, 0.2) is 66.7 Å². The first-order chi connectivity index (χ1) is 12.2. The number of aromatic nitrogens is 1. The van der Waals surface area contributed by atoms with Crippen LogP contribution in [0, 0.1) is 0 Å². The Bertz CT molecular complexity index is 831. The first kappa shape index (κ1) is 16.2. The van der Waals surface area contributed by atoms with Gasteiger partial charge in [0.15, 0.2) is 0 Å². The molecule has 0 fully saturated rings. The van der Waals surface area contributed by atoms with Crippen molar-refractivity contribution in [2.24, 2.45) is 0 Å². The molecular formula is C23H26N2. The van der Waals surface area contributed by atoms with Crippen molar-refractivity contribution in [3.63, 3.8) is 0 Å². The molecule has 0 spiro atoms. The zero-order chi connectivity index (χ0) is 17.2. The third-order valence-electron chi connectivity index (χ3n) is 5.24. The fourth-order valence-corrected chi connectivity index (χ4v) is 3.89. The Morgan fingerprint density at radius 2 is 1.56 bits per heavy atom. The molecule has 0 saturated heterocycles. The number of hydrogen-bond donors (Lipinski definition) is 0. The van der Waals surface area contributed by atoms with Gasteiger partial charge in [0, 0.05) is 24.0 Å². The van der Waals surface area contributed by atoms with E-state index in [0.29, 0.717) is 6.04 Å². The van der Waals surface area contributed by atoms with E-state index in [1.165, 1.54) is 41.2 Å². The third-order valence-corrected chi connectivity index (χ3v) is 5.24. The lowest BCUT2D eigenvalue weighted by molar-refractivity contribution is 0.216. The monoisotopic (exact) mass is 330 g/mol. The molecule has 0 amide bonds. The van der Waals surface area contributed by atoms with E-state index in [-0.39, 0.29) is 0 Å². The SMILES string of the molecule is CC(C)N1CCCc2c(cc(-c3ccccc3)n2-c2ccccc2)C1. The summed E-state index contributed by atoms with van der Waals surface area (Å²) in [4.78, 5) is 2.59. The van der Waals surface area contributed by atoms with Crippen LogP contribution in [-0.4, -0.2) is 22.1 Å². The summed E-state index contributed by atoms with van der Waals surface area (Å²) < 4.78 is 2.48. The number of hydrogen-bond acceptors (Lipinski definition) is 1. The maximum atomic E-state index is 2.59. The van der Waals surface area contributed by atoms with Crippen LogP contribution in [-0.2, 0) is 13.0 Å². The maximum absolute atomic E-state index is 2.59. The van der Waals surface area contributed by atoms with E-state index in [9.17, 15) is 0 Å². The van der Waals surface area contributed by atoms with Crippen LogP contribution in [0.25, 0.3) is 16.9 Å². The maximum Gasteiger partial charge on any atom is 0.0534 e. The average molecular weight is 330 g/mol. The van der Waals surface area contributed by atoms with Gasteiger partial charge in [0.25, 0.3) is 0 Å². The van der Waals surface area contributed by atoms with E-state index in [2.05, 4.69) is 90.0 Å². The van der Waals surface area contributed by atoms with Gasteiger partial charge in [-0.1, -0.05) is 48.5 Å². The summed E-state index contributed by atoms with van der Waals surface area (Å²) in [6.45, 7) is 6.84. The molecule has 3 aromatic rings. The Morgan fingerprint density at radius 3 is 2.24 bits per heavy atom. The normalized spacial score (nSPS) is 15.2. The summed E-state index contributed by atoms with van der Waals surface area (Å²) in [5.41, 5.74) is 6.82. The molecule has 1 aliphatic heterocycles. The summed E-state index contributed by atoms with van der Waals surface area (Å²) in [5.74, 6) is 0. The zero-order valence-electron chi connectivity index (χ0n) is 15.2. The van der Waals surface area contributed by atoms with Crippen LogP contribution in [0.3, 0.4) is 0 Å². The predicted octanol–water partition coefficient (Wildman–Crippen LogP) is 5.30. The molecule has 2 heterocycles. The number of nitrogens with zero attached hydrogens (tertiary/aromatic N) is 2. The van der Waals surface area contributed by atoms with Crippen LogP contribution >= 0.6 is 0 Å². The van der Waals surface area contributed by atoms with Gasteiger partial charge in [-0.15, -0.1) is 0 Å². The van der Waals surface area contributed by atoms with Crippen molar-refractivity contribution in [3.8, 4) is 16.9 Å². The lowest BCUT2D eigenvalue weighted by Gasteiger charge is -2.24. The molecule has 1 aliphatic rings. The van der Waals surface area contributed by atoms with Gasteiger partial charge in [0.05, 0.1) is 5.69 Å². The number of benzene rings is 2. The largest absolute Gasteiger partial charge is 0.313 e. The molecule has 2 heteroatoms. The Hall–Kier alpha value is -2.32. The van der Waals surface area contributed by atoms with Crippen molar-refractivity contribution in [2.45, 2.75) is 39.3 Å². The van der Waals surface area contributed by atoms with Crippen LogP contribution in [0.2, 0.25) is 0 Å². The minimum atomic E-state index is 0.589. The molecule has 0 radical (unpaired) electrons. The third kappa shape index (κ3) is 3.14. The first-order valence-corrected chi connectivity index (χ1v) is 9.32. The van der Waals surface area contributed by atoms with E-state index in [4.69, 9.17) is 0 Å². The molecule has 128 valence electrons. The summed E-state index contributed by atoms with van der Waals surface area (Å²) in [6.07, 6.45) is 2.36. The summed E-state index contributed by atoms with van der Waals surface area (Å²) in [6, 6.07) is 24.6. The highest BCUT2D eigenvalue weighted by molar-refractivity contribution is 5.66. The second-order valence-electron chi connectivity index (χ2n) is 7.21. The molecule has 2 aromatic carbocycles. The molecular weight excluding hydrogens is 304 g/mol. The Kier molecular flexibility index (Phi) is 4.46. The second-order valence-corrected chi connectivity index (χ2v) is 7.21. The van der Waals surface area contributed by atoms with E-state index in [1.54, 1.807) is 0 Å². The molecule has 0 aliphatic carbocycles.